The predicted molar refractivity (Wildman–Crippen MR) is 76.3 cm³/mol. The predicted octanol–water partition coefficient (Wildman–Crippen LogP) is 2.01. The molecule has 0 spiro atoms. The van der Waals surface area contributed by atoms with Crippen LogP contribution in [0, 0.1) is 0 Å². The fourth-order valence-corrected chi connectivity index (χ4v) is 1.97. The summed E-state index contributed by atoms with van der Waals surface area (Å²) in [5, 5.41) is 6.93. The lowest BCUT2D eigenvalue weighted by atomic mass is 10.1. The average molecular weight is 282 g/mol. The summed E-state index contributed by atoms with van der Waals surface area (Å²) in [4.78, 5) is 16.1. The Morgan fingerprint density at radius 2 is 2.33 bits per heavy atom. The van der Waals surface area contributed by atoms with Crippen LogP contribution in [0.5, 0.6) is 0 Å². The maximum absolute atomic E-state index is 11.8. The van der Waals surface area contributed by atoms with Crippen molar-refractivity contribution in [1.82, 2.24) is 20.1 Å². The van der Waals surface area contributed by atoms with E-state index < -0.39 is 0 Å². The summed E-state index contributed by atoms with van der Waals surface area (Å²) in [6.45, 7) is 0.412. The highest BCUT2D eigenvalue weighted by atomic mass is 16.3. The standard InChI is InChI=1S/C15H14N4O2/c1-19-10-12(9-18-19)13-7-11(4-5-16-13)8-17-15(20)14-3-2-6-21-14/h2-7,9-10H,8H2,1H3,(H,17,20). The molecule has 0 saturated carbocycles. The molecular formula is C15H14N4O2. The van der Waals surface area contributed by atoms with Crippen LogP contribution >= 0.6 is 0 Å². The van der Waals surface area contributed by atoms with E-state index in [9.17, 15) is 4.79 Å². The first-order chi connectivity index (χ1) is 10.2. The van der Waals surface area contributed by atoms with Crippen molar-refractivity contribution < 1.29 is 9.21 Å². The lowest BCUT2D eigenvalue weighted by Crippen LogP contribution is -2.22. The molecule has 0 aliphatic rings. The Morgan fingerprint density at radius 3 is 3.05 bits per heavy atom. The van der Waals surface area contributed by atoms with Crippen molar-refractivity contribution in [3.8, 4) is 11.3 Å². The molecule has 6 heteroatoms. The van der Waals surface area contributed by atoms with Crippen molar-refractivity contribution in [3.05, 3.63) is 60.4 Å². The van der Waals surface area contributed by atoms with E-state index in [-0.39, 0.29) is 5.91 Å². The third-order valence-electron chi connectivity index (χ3n) is 3.02. The molecule has 0 saturated heterocycles. The minimum absolute atomic E-state index is 0.236. The molecule has 0 unspecified atom stereocenters. The van der Waals surface area contributed by atoms with Gasteiger partial charge in [-0.15, -0.1) is 0 Å². The molecule has 1 N–H and O–H groups in total. The second-order valence-electron chi connectivity index (χ2n) is 4.61. The van der Waals surface area contributed by atoms with Crippen molar-refractivity contribution in [3.63, 3.8) is 0 Å². The molecule has 0 aromatic carbocycles. The van der Waals surface area contributed by atoms with Crippen molar-refractivity contribution >= 4 is 5.91 Å². The quantitative estimate of drug-likeness (QED) is 0.794. The van der Waals surface area contributed by atoms with Crippen molar-refractivity contribution in [2.75, 3.05) is 0 Å². The summed E-state index contributed by atoms with van der Waals surface area (Å²) < 4.78 is 6.77. The molecule has 0 fully saturated rings. The largest absolute Gasteiger partial charge is 0.459 e. The molecule has 3 aromatic heterocycles. The molecular weight excluding hydrogens is 268 g/mol. The lowest BCUT2D eigenvalue weighted by Gasteiger charge is -2.05. The summed E-state index contributed by atoms with van der Waals surface area (Å²) in [5.74, 6) is 0.0660. The molecule has 3 aromatic rings. The first-order valence-electron chi connectivity index (χ1n) is 6.48. The number of hydrogen-bond acceptors (Lipinski definition) is 4. The first-order valence-corrected chi connectivity index (χ1v) is 6.48. The Labute approximate surface area is 121 Å². The van der Waals surface area contributed by atoms with Gasteiger partial charge in [0.1, 0.15) is 0 Å². The minimum Gasteiger partial charge on any atom is -0.459 e. The molecule has 3 heterocycles. The summed E-state index contributed by atoms with van der Waals surface area (Å²) in [7, 11) is 1.86. The van der Waals surface area contributed by atoms with E-state index in [4.69, 9.17) is 4.42 Å². The van der Waals surface area contributed by atoms with E-state index in [0.717, 1.165) is 16.8 Å². The first kappa shape index (κ1) is 13.1. The van der Waals surface area contributed by atoms with Gasteiger partial charge in [-0.25, -0.2) is 0 Å². The fraction of sp³-hybridized carbons (Fsp3) is 0.133. The van der Waals surface area contributed by atoms with Crippen molar-refractivity contribution in [1.29, 1.82) is 0 Å². The van der Waals surface area contributed by atoms with E-state index in [0.29, 0.717) is 12.3 Å². The van der Waals surface area contributed by atoms with Crippen LogP contribution in [0.25, 0.3) is 11.3 Å². The maximum atomic E-state index is 11.8. The van der Waals surface area contributed by atoms with E-state index in [2.05, 4.69) is 15.4 Å². The Morgan fingerprint density at radius 1 is 1.43 bits per heavy atom. The molecule has 3 rings (SSSR count). The summed E-state index contributed by atoms with van der Waals surface area (Å²) >= 11 is 0. The molecule has 1 amide bonds. The van der Waals surface area contributed by atoms with Gasteiger partial charge in [-0.2, -0.15) is 5.10 Å². The maximum Gasteiger partial charge on any atom is 0.287 e. The topological polar surface area (TPSA) is 73.0 Å². The van der Waals surface area contributed by atoms with Crippen LogP contribution in [0.15, 0.2) is 53.5 Å². The zero-order valence-corrected chi connectivity index (χ0v) is 11.5. The number of carbonyl (C=O) groups excluding carboxylic acids is 1. The van der Waals surface area contributed by atoms with Gasteiger partial charge in [-0.1, -0.05) is 0 Å². The monoisotopic (exact) mass is 282 g/mol. The molecule has 21 heavy (non-hydrogen) atoms. The van der Waals surface area contributed by atoms with Gasteiger partial charge in [-0.05, 0) is 29.8 Å². The number of rotatable bonds is 4. The van der Waals surface area contributed by atoms with E-state index >= 15 is 0 Å². The Bertz CT molecular complexity index is 747. The Hall–Kier alpha value is -2.89. The number of amides is 1. The molecule has 0 radical (unpaired) electrons. The average Bonchev–Trinajstić information content (AvgIpc) is 3.16. The second-order valence-corrected chi connectivity index (χ2v) is 4.61. The number of pyridine rings is 1. The van der Waals surface area contributed by atoms with Crippen LogP contribution in [0.2, 0.25) is 0 Å². The van der Waals surface area contributed by atoms with Gasteiger partial charge < -0.3 is 9.73 Å². The number of hydrogen-bond donors (Lipinski definition) is 1. The third kappa shape index (κ3) is 3.00. The number of carbonyl (C=O) groups is 1. The zero-order chi connectivity index (χ0) is 14.7. The SMILES string of the molecule is Cn1cc(-c2cc(CNC(=O)c3ccco3)ccn2)cn1. The molecule has 0 aliphatic heterocycles. The van der Waals surface area contributed by atoms with Gasteiger partial charge in [-0.3, -0.25) is 14.5 Å². The van der Waals surface area contributed by atoms with Gasteiger partial charge >= 0.3 is 0 Å². The number of nitrogens with zero attached hydrogens (tertiary/aromatic N) is 3. The highest BCUT2D eigenvalue weighted by Gasteiger charge is 2.08. The van der Waals surface area contributed by atoms with Crippen LogP contribution in [0.1, 0.15) is 16.1 Å². The lowest BCUT2D eigenvalue weighted by molar-refractivity contribution is 0.0923. The summed E-state index contributed by atoms with van der Waals surface area (Å²) in [5.41, 5.74) is 2.73. The van der Waals surface area contributed by atoms with Gasteiger partial charge in [0.05, 0.1) is 18.2 Å². The summed E-state index contributed by atoms with van der Waals surface area (Å²) in [6.07, 6.45) is 6.85. The van der Waals surface area contributed by atoms with Gasteiger partial charge in [0.25, 0.3) is 5.91 Å². The highest BCUT2D eigenvalue weighted by Crippen LogP contribution is 2.16. The zero-order valence-electron chi connectivity index (χ0n) is 11.5. The number of aromatic nitrogens is 3. The van der Waals surface area contributed by atoms with Gasteiger partial charge in [0.2, 0.25) is 0 Å². The minimum atomic E-state index is -0.236. The van der Waals surface area contributed by atoms with Crippen LogP contribution in [0.4, 0.5) is 0 Å². The van der Waals surface area contributed by atoms with Gasteiger partial charge in [0.15, 0.2) is 5.76 Å². The molecule has 0 bridgehead atoms. The molecule has 106 valence electrons. The van der Waals surface area contributed by atoms with Crippen molar-refractivity contribution in [2.45, 2.75) is 6.54 Å². The Balaban J connectivity index is 1.70. The second kappa shape index (κ2) is 5.62. The number of aryl methyl sites for hydroxylation is 1. The number of nitrogens with one attached hydrogen (secondary N) is 1. The van der Waals surface area contributed by atoms with Crippen LogP contribution < -0.4 is 5.32 Å². The third-order valence-corrected chi connectivity index (χ3v) is 3.02. The highest BCUT2D eigenvalue weighted by molar-refractivity contribution is 5.91. The van der Waals surface area contributed by atoms with Crippen LogP contribution in [-0.2, 0) is 13.6 Å². The smallest absolute Gasteiger partial charge is 0.287 e. The normalized spacial score (nSPS) is 10.5. The summed E-state index contributed by atoms with van der Waals surface area (Å²) in [6, 6.07) is 7.10. The van der Waals surface area contributed by atoms with Gasteiger partial charge in [0, 0.05) is 31.5 Å². The van der Waals surface area contributed by atoms with Crippen molar-refractivity contribution in [2.24, 2.45) is 7.05 Å². The van der Waals surface area contributed by atoms with E-state index in [1.807, 2.05) is 25.4 Å². The Kier molecular flexibility index (Phi) is 3.51. The fourth-order valence-electron chi connectivity index (χ4n) is 1.97. The van der Waals surface area contributed by atoms with E-state index in [1.54, 1.807) is 29.2 Å². The van der Waals surface area contributed by atoms with Crippen LogP contribution in [-0.4, -0.2) is 20.7 Å². The molecule has 0 aliphatic carbocycles. The number of furan rings is 1. The van der Waals surface area contributed by atoms with E-state index in [1.165, 1.54) is 6.26 Å². The molecule has 6 nitrogen and oxygen atoms in total. The molecule has 0 atom stereocenters. The van der Waals surface area contributed by atoms with Crippen LogP contribution in [0.3, 0.4) is 0 Å².